The molecule has 2 rings (SSSR count). The SMILES string of the molecule is CCOc1c(N)nsc1NCCc1ccn(C)n1. The summed E-state index contributed by atoms with van der Waals surface area (Å²) >= 11 is 1.32. The fourth-order valence-corrected chi connectivity index (χ4v) is 2.28. The lowest BCUT2D eigenvalue weighted by atomic mass is 10.3. The molecule has 0 unspecified atom stereocenters. The molecule has 0 aliphatic carbocycles. The van der Waals surface area contributed by atoms with Crippen molar-refractivity contribution in [2.45, 2.75) is 13.3 Å². The Morgan fingerprint density at radius 3 is 3.06 bits per heavy atom. The first-order valence-electron chi connectivity index (χ1n) is 5.81. The number of nitrogens with two attached hydrogens (primary N) is 1. The molecule has 0 saturated carbocycles. The molecule has 18 heavy (non-hydrogen) atoms. The molecule has 2 aromatic heterocycles. The van der Waals surface area contributed by atoms with Crippen LogP contribution in [-0.2, 0) is 13.5 Å². The highest BCUT2D eigenvalue weighted by Gasteiger charge is 2.12. The summed E-state index contributed by atoms with van der Waals surface area (Å²) in [7, 11) is 1.91. The van der Waals surface area contributed by atoms with Gasteiger partial charge >= 0.3 is 0 Å². The minimum atomic E-state index is 0.446. The summed E-state index contributed by atoms with van der Waals surface area (Å²) in [6.07, 6.45) is 2.79. The van der Waals surface area contributed by atoms with Crippen LogP contribution in [0.5, 0.6) is 5.75 Å². The van der Waals surface area contributed by atoms with Crippen LogP contribution in [0.3, 0.4) is 0 Å². The Morgan fingerprint density at radius 1 is 1.56 bits per heavy atom. The molecule has 0 radical (unpaired) electrons. The quantitative estimate of drug-likeness (QED) is 0.829. The van der Waals surface area contributed by atoms with Crippen molar-refractivity contribution in [1.29, 1.82) is 0 Å². The van der Waals surface area contributed by atoms with Crippen LogP contribution >= 0.6 is 11.5 Å². The van der Waals surface area contributed by atoms with Gasteiger partial charge in [0.25, 0.3) is 0 Å². The average Bonchev–Trinajstić information content (AvgIpc) is 2.90. The topological polar surface area (TPSA) is 78.0 Å². The molecule has 0 aromatic carbocycles. The second-order valence-corrected chi connectivity index (χ2v) is 4.59. The van der Waals surface area contributed by atoms with Crippen molar-refractivity contribution in [2.75, 3.05) is 24.2 Å². The Hall–Kier alpha value is -1.76. The van der Waals surface area contributed by atoms with E-state index >= 15 is 0 Å². The molecular weight excluding hydrogens is 250 g/mol. The zero-order valence-electron chi connectivity index (χ0n) is 10.5. The summed E-state index contributed by atoms with van der Waals surface area (Å²) in [6.45, 7) is 3.28. The number of nitrogen functional groups attached to an aromatic ring is 1. The Balaban J connectivity index is 1.90. The van der Waals surface area contributed by atoms with E-state index < -0.39 is 0 Å². The number of nitrogens with one attached hydrogen (secondary N) is 1. The molecule has 0 saturated heterocycles. The third-order valence-electron chi connectivity index (χ3n) is 2.40. The smallest absolute Gasteiger partial charge is 0.197 e. The second kappa shape index (κ2) is 5.72. The zero-order valence-corrected chi connectivity index (χ0v) is 11.3. The van der Waals surface area contributed by atoms with Gasteiger partial charge in [0.05, 0.1) is 12.3 Å². The van der Waals surface area contributed by atoms with Crippen LogP contribution in [-0.4, -0.2) is 27.3 Å². The molecule has 2 heterocycles. The van der Waals surface area contributed by atoms with Gasteiger partial charge in [0.1, 0.15) is 0 Å². The molecule has 0 bridgehead atoms. The molecule has 0 fully saturated rings. The maximum atomic E-state index is 5.73. The van der Waals surface area contributed by atoms with Crippen LogP contribution in [0.15, 0.2) is 12.3 Å². The highest BCUT2D eigenvalue weighted by Crippen LogP contribution is 2.34. The fourth-order valence-electron chi connectivity index (χ4n) is 1.59. The number of rotatable bonds is 6. The maximum Gasteiger partial charge on any atom is 0.197 e. The number of anilines is 2. The highest BCUT2D eigenvalue weighted by atomic mass is 32.1. The number of ether oxygens (including phenoxy) is 1. The Bertz CT molecular complexity index is 507. The normalized spacial score (nSPS) is 10.6. The summed E-state index contributed by atoms with van der Waals surface area (Å²) < 4.78 is 11.3. The first kappa shape index (κ1) is 12.7. The van der Waals surface area contributed by atoms with Gasteiger partial charge in [0, 0.05) is 26.2 Å². The number of hydrogen-bond acceptors (Lipinski definition) is 6. The lowest BCUT2D eigenvalue weighted by molar-refractivity contribution is 0.344. The van der Waals surface area contributed by atoms with Gasteiger partial charge in [0.15, 0.2) is 16.6 Å². The second-order valence-electron chi connectivity index (χ2n) is 3.82. The average molecular weight is 267 g/mol. The van der Waals surface area contributed by atoms with Gasteiger partial charge in [-0.3, -0.25) is 4.68 Å². The predicted octanol–water partition coefficient (Wildman–Crippen LogP) is 1.51. The highest BCUT2D eigenvalue weighted by molar-refractivity contribution is 7.11. The third kappa shape index (κ3) is 2.92. The lowest BCUT2D eigenvalue weighted by Gasteiger charge is -2.06. The van der Waals surface area contributed by atoms with E-state index in [4.69, 9.17) is 10.5 Å². The van der Waals surface area contributed by atoms with Crippen molar-refractivity contribution < 1.29 is 4.74 Å². The van der Waals surface area contributed by atoms with Gasteiger partial charge in [-0.2, -0.15) is 9.47 Å². The summed E-state index contributed by atoms with van der Waals surface area (Å²) in [5.74, 6) is 1.10. The number of aromatic nitrogens is 3. The Labute approximate surface area is 110 Å². The van der Waals surface area contributed by atoms with E-state index in [9.17, 15) is 0 Å². The monoisotopic (exact) mass is 267 g/mol. The Kier molecular flexibility index (Phi) is 4.03. The van der Waals surface area contributed by atoms with E-state index in [0.29, 0.717) is 18.2 Å². The molecule has 6 nitrogen and oxygen atoms in total. The molecule has 0 amide bonds. The van der Waals surface area contributed by atoms with Gasteiger partial charge in [0.2, 0.25) is 0 Å². The van der Waals surface area contributed by atoms with Crippen LogP contribution < -0.4 is 15.8 Å². The number of aryl methyl sites for hydroxylation is 1. The van der Waals surface area contributed by atoms with Crippen LogP contribution in [0.2, 0.25) is 0 Å². The van der Waals surface area contributed by atoms with Crippen LogP contribution in [0.1, 0.15) is 12.6 Å². The summed E-state index contributed by atoms with van der Waals surface area (Å²) in [5, 5.41) is 8.47. The van der Waals surface area contributed by atoms with Crippen LogP contribution in [0.4, 0.5) is 10.8 Å². The van der Waals surface area contributed by atoms with Crippen LogP contribution in [0.25, 0.3) is 0 Å². The van der Waals surface area contributed by atoms with Gasteiger partial charge in [-0.15, -0.1) is 0 Å². The predicted molar refractivity (Wildman–Crippen MR) is 73.1 cm³/mol. The minimum absolute atomic E-state index is 0.446. The van der Waals surface area contributed by atoms with Crippen molar-refractivity contribution >= 4 is 22.4 Å². The molecule has 2 aromatic rings. The van der Waals surface area contributed by atoms with Gasteiger partial charge in [-0.25, -0.2) is 0 Å². The van der Waals surface area contributed by atoms with Crippen molar-refractivity contribution in [1.82, 2.24) is 14.2 Å². The van der Waals surface area contributed by atoms with E-state index in [-0.39, 0.29) is 0 Å². The van der Waals surface area contributed by atoms with Crippen LogP contribution in [0, 0.1) is 0 Å². The van der Waals surface area contributed by atoms with Crippen molar-refractivity contribution in [3.63, 3.8) is 0 Å². The maximum absolute atomic E-state index is 5.73. The first-order chi connectivity index (χ1) is 8.70. The lowest BCUT2D eigenvalue weighted by Crippen LogP contribution is -2.06. The van der Waals surface area contributed by atoms with Gasteiger partial charge < -0.3 is 15.8 Å². The van der Waals surface area contributed by atoms with E-state index in [1.165, 1.54) is 11.5 Å². The third-order valence-corrected chi connectivity index (χ3v) is 3.20. The molecular formula is C11H17N5OS. The van der Waals surface area contributed by atoms with E-state index in [2.05, 4.69) is 14.8 Å². The van der Waals surface area contributed by atoms with E-state index in [0.717, 1.165) is 23.7 Å². The molecule has 0 atom stereocenters. The number of hydrogen-bond donors (Lipinski definition) is 2. The molecule has 0 spiro atoms. The summed E-state index contributed by atoms with van der Waals surface area (Å²) in [5.41, 5.74) is 6.79. The molecule has 0 aliphatic rings. The molecule has 98 valence electrons. The Morgan fingerprint density at radius 2 is 2.39 bits per heavy atom. The van der Waals surface area contributed by atoms with Gasteiger partial charge in [-0.1, -0.05) is 0 Å². The first-order valence-corrected chi connectivity index (χ1v) is 6.58. The zero-order chi connectivity index (χ0) is 13.0. The standard InChI is InChI=1S/C11H17N5OS/c1-3-17-9-10(12)15-18-11(9)13-6-4-8-5-7-16(2)14-8/h5,7,13H,3-4,6H2,1-2H3,(H2,12,15). The molecule has 3 N–H and O–H groups in total. The van der Waals surface area contributed by atoms with Crippen molar-refractivity contribution in [3.05, 3.63) is 18.0 Å². The van der Waals surface area contributed by atoms with E-state index in [1.54, 1.807) is 4.68 Å². The van der Waals surface area contributed by atoms with Gasteiger partial charge in [-0.05, 0) is 24.5 Å². The molecule has 0 aliphatic heterocycles. The van der Waals surface area contributed by atoms with Crippen molar-refractivity contribution in [3.8, 4) is 5.75 Å². The minimum Gasteiger partial charge on any atom is -0.487 e. The largest absolute Gasteiger partial charge is 0.487 e. The fraction of sp³-hybridized carbons (Fsp3) is 0.455. The van der Waals surface area contributed by atoms with E-state index in [1.807, 2.05) is 26.2 Å². The summed E-state index contributed by atoms with van der Waals surface area (Å²) in [6, 6.07) is 2.01. The number of nitrogens with zero attached hydrogens (tertiary/aromatic N) is 3. The summed E-state index contributed by atoms with van der Waals surface area (Å²) in [4.78, 5) is 0. The molecule has 7 heteroatoms. The van der Waals surface area contributed by atoms with Crippen molar-refractivity contribution in [2.24, 2.45) is 7.05 Å².